The Morgan fingerprint density at radius 3 is 2.50 bits per heavy atom. The molecule has 1 atom stereocenters. The summed E-state index contributed by atoms with van der Waals surface area (Å²) in [5, 5.41) is 2.84. The molecule has 2 aromatic rings. The van der Waals surface area contributed by atoms with Gasteiger partial charge in [-0.2, -0.15) is 11.8 Å². The number of benzene rings is 2. The van der Waals surface area contributed by atoms with Crippen LogP contribution >= 0.6 is 11.8 Å². The van der Waals surface area contributed by atoms with Gasteiger partial charge in [-0.25, -0.2) is 4.79 Å². The maximum atomic E-state index is 13.0. The zero-order valence-electron chi connectivity index (χ0n) is 16.6. The highest BCUT2D eigenvalue weighted by Gasteiger charge is 2.24. The Morgan fingerprint density at radius 2 is 1.86 bits per heavy atom. The Bertz CT molecular complexity index is 794. The number of anilines is 1. The Hall–Kier alpha value is -2.47. The molecule has 28 heavy (non-hydrogen) atoms. The van der Waals surface area contributed by atoms with Gasteiger partial charge in [0.05, 0.1) is 6.10 Å². The van der Waals surface area contributed by atoms with Crippen LogP contribution in [0.5, 0.6) is 0 Å². The van der Waals surface area contributed by atoms with E-state index < -0.39 is 12.0 Å². The lowest BCUT2D eigenvalue weighted by Crippen LogP contribution is -2.43. The molecule has 0 aliphatic carbocycles. The van der Waals surface area contributed by atoms with Gasteiger partial charge < -0.3 is 15.8 Å². The van der Waals surface area contributed by atoms with E-state index >= 15 is 0 Å². The maximum Gasteiger partial charge on any atom is 0.328 e. The van der Waals surface area contributed by atoms with Crippen molar-refractivity contribution < 1.29 is 14.3 Å². The molecule has 0 saturated heterocycles. The summed E-state index contributed by atoms with van der Waals surface area (Å²) in [5.74, 6) is 0.0160. The predicted octanol–water partition coefficient (Wildman–Crippen LogP) is 3.66. The van der Waals surface area contributed by atoms with E-state index in [1.54, 1.807) is 37.7 Å². The molecule has 0 aliphatic heterocycles. The van der Waals surface area contributed by atoms with E-state index in [-0.39, 0.29) is 12.0 Å². The van der Waals surface area contributed by atoms with Crippen LogP contribution < -0.4 is 11.1 Å². The van der Waals surface area contributed by atoms with Crippen molar-refractivity contribution in [2.75, 3.05) is 17.7 Å². The summed E-state index contributed by atoms with van der Waals surface area (Å²) >= 11 is 1.62. The summed E-state index contributed by atoms with van der Waals surface area (Å²) in [4.78, 5) is 25.4. The maximum absolute atomic E-state index is 13.0. The first-order valence-electron chi connectivity index (χ1n) is 9.33. The third kappa shape index (κ3) is 6.60. The van der Waals surface area contributed by atoms with Crippen LogP contribution in [0, 0.1) is 0 Å². The quantitative estimate of drug-likeness (QED) is 0.496. The molecule has 0 saturated carbocycles. The zero-order chi connectivity index (χ0) is 20.5. The molecule has 1 amide bonds. The Balaban J connectivity index is 2.22. The van der Waals surface area contributed by atoms with Crippen molar-refractivity contribution in [3.63, 3.8) is 0 Å². The number of carbonyl (C=O) groups excluding carboxylic acids is 2. The number of nitrogens with two attached hydrogens (primary N) is 1. The number of amides is 1. The monoisotopic (exact) mass is 400 g/mol. The molecule has 0 spiro atoms. The molecule has 2 aromatic carbocycles. The fourth-order valence-electron chi connectivity index (χ4n) is 2.81. The van der Waals surface area contributed by atoms with Crippen LogP contribution in [0.15, 0.2) is 48.5 Å². The van der Waals surface area contributed by atoms with Crippen molar-refractivity contribution in [3.05, 3.63) is 65.2 Å². The summed E-state index contributed by atoms with van der Waals surface area (Å²) < 4.78 is 5.31. The number of nitrogens with one attached hydrogen (secondary N) is 1. The molecule has 0 heterocycles. The van der Waals surface area contributed by atoms with E-state index in [4.69, 9.17) is 10.5 Å². The van der Waals surface area contributed by atoms with E-state index in [1.807, 2.05) is 42.7 Å². The number of thioether (sulfide) groups is 1. The lowest BCUT2D eigenvalue weighted by molar-refractivity contribution is -0.149. The number of rotatable bonds is 9. The standard InChI is InChI=1S/C22H28N2O3S/c1-15(2)27-22(26)20(11-12-28-3)24-21(25)19-14-18(23)10-9-17(19)13-16-7-5-4-6-8-16/h4-10,14-15,20H,11-13,23H2,1-3H3,(H,24,25)/t20-/m0/s1. The van der Waals surface area contributed by atoms with Crippen molar-refractivity contribution in [1.29, 1.82) is 0 Å². The molecule has 2 rings (SSSR count). The first-order valence-corrected chi connectivity index (χ1v) is 10.7. The smallest absolute Gasteiger partial charge is 0.328 e. The number of hydrogen-bond donors (Lipinski definition) is 2. The molecule has 0 radical (unpaired) electrons. The Labute approximate surface area is 171 Å². The van der Waals surface area contributed by atoms with Gasteiger partial charge in [-0.3, -0.25) is 4.79 Å². The number of nitrogen functional groups attached to an aromatic ring is 1. The second-order valence-corrected chi connectivity index (χ2v) is 7.86. The van der Waals surface area contributed by atoms with Crippen molar-refractivity contribution >= 4 is 29.3 Å². The third-order valence-corrected chi connectivity index (χ3v) is 4.81. The molecule has 0 unspecified atom stereocenters. The van der Waals surface area contributed by atoms with Gasteiger partial charge >= 0.3 is 5.97 Å². The summed E-state index contributed by atoms with van der Waals surface area (Å²) in [7, 11) is 0. The summed E-state index contributed by atoms with van der Waals surface area (Å²) in [6, 6.07) is 14.5. The van der Waals surface area contributed by atoms with Gasteiger partial charge in [-0.15, -0.1) is 0 Å². The molecular formula is C22H28N2O3S. The molecule has 0 bridgehead atoms. The van der Waals surface area contributed by atoms with Crippen LogP contribution in [0.1, 0.15) is 41.8 Å². The van der Waals surface area contributed by atoms with E-state index in [2.05, 4.69) is 5.32 Å². The fourth-order valence-corrected chi connectivity index (χ4v) is 3.28. The minimum Gasteiger partial charge on any atom is -0.461 e. The van der Waals surface area contributed by atoms with Gasteiger partial charge in [0.1, 0.15) is 6.04 Å². The van der Waals surface area contributed by atoms with Crippen LogP contribution in [0.25, 0.3) is 0 Å². The topological polar surface area (TPSA) is 81.4 Å². The molecule has 6 heteroatoms. The van der Waals surface area contributed by atoms with Gasteiger partial charge in [0.2, 0.25) is 0 Å². The minimum atomic E-state index is -0.687. The van der Waals surface area contributed by atoms with Gasteiger partial charge in [0, 0.05) is 11.3 Å². The normalized spacial score (nSPS) is 11.9. The largest absolute Gasteiger partial charge is 0.461 e. The Kier molecular flexibility index (Phi) is 8.39. The molecule has 0 aliphatic rings. The molecular weight excluding hydrogens is 372 g/mol. The predicted molar refractivity (Wildman–Crippen MR) is 116 cm³/mol. The van der Waals surface area contributed by atoms with Crippen molar-refractivity contribution in [2.24, 2.45) is 0 Å². The van der Waals surface area contributed by atoms with Crippen molar-refractivity contribution in [3.8, 4) is 0 Å². The Morgan fingerprint density at radius 1 is 1.14 bits per heavy atom. The third-order valence-electron chi connectivity index (χ3n) is 4.17. The fraction of sp³-hybridized carbons (Fsp3) is 0.364. The van der Waals surface area contributed by atoms with Gasteiger partial charge in [0.25, 0.3) is 5.91 Å². The molecule has 3 N–H and O–H groups in total. The molecule has 0 aromatic heterocycles. The molecule has 5 nitrogen and oxygen atoms in total. The van der Waals surface area contributed by atoms with Crippen molar-refractivity contribution in [1.82, 2.24) is 5.32 Å². The summed E-state index contributed by atoms with van der Waals surface area (Å²) in [6.07, 6.45) is 2.84. The van der Waals surface area contributed by atoms with E-state index in [1.165, 1.54) is 0 Å². The summed E-state index contributed by atoms with van der Waals surface area (Å²) in [6.45, 7) is 3.59. The van der Waals surface area contributed by atoms with E-state index in [9.17, 15) is 9.59 Å². The number of ether oxygens (including phenoxy) is 1. The first-order chi connectivity index (χ1) is 13.4. The van der Waals surface area contributed by atoms with Crippen LogP contribution in [0.4, 0.5) is 5.69 Å². The van der Waals surface area contributed by atoms with E-state index in [0.717, 1.165) is 16.9 Å². The van der Waals surface area contributed by atoms with Crippen LogP contribution in [-0.2, 0) is 16.0 Å². The average Bonchev–Trinajstić information content (AvgIpc) is 2.66. The summed E-state index contributed by atoms with van der Waals surface area (Å²) in [5.41, 5.74) is 8.87. The SMILES string of the molecule is CSCC[C@H](NC(=O)c1cc(N)ccc1Cc1ccccc1)C(=O)OC(C)C. The highest BCUT2D eigenvalue weighted by Crippen LogP contribution is 2.18. The molecule has 0 fully saturated rings. The van der Waals surface area contributed by atoms with Crippen LogP contribution in [0.2, 0.25) is 0 Å². The second kappa shape index (κ2) is 10.8. The lowest BCUT2D eigenvalue weighted by atomic mass is 9.98. The van der Waals surface area contributed by atoms with Gasteiger partial charge in [0.15, 0.2) is 0 Å². The van der Waals surface area contributed by atoms with Crippen molar-refractivity contribution in [2.45, 2.75) is 38.8 Å². The highest BCUT2D eigenvalue weighted by atomic mass is 32.2. The highest BCUT2D eigenvalue weighted by molar-refractivity contribution is 7.98. The second-order valence-electron chi connectivity index (χ2n) is 6.87. The van der Waals surface area contributed by atoms with Gasteiger partial charge in [-0.1, -0.05) is 36.4 Å². The van der Waals surface area contributed by atoms with Crippen LogP contribution in [0.3, 0.4) is 0 Å². The van der Waals surface area contributed by atoms with Crippen LogP contribution in [-0.4, -0.2) is 36.0 Å². The zero-order valence-corrected chi connectivity index (χ0v) is 17.4. The molecule has 150 valence electrons. The number of carbonyl (C=O) groups is 2. The van der Waals surface area contributed by atoms with E-state index in [0.29, 0.717) is 24.1 Å². The first kappa shape index (κ1) is 21.8. The van der Waals surface area contributed by atoms with Gasteiger partial charge in [-0.05, 0) is 62.0 Å². The average molecular weight is 401 g/mol. The number of esters is 1. The minimum absolute atomic E-state index is 0.234. The lowest BCUT2D eigenvalue weighted by Gasteiger charge is -2.20. The number of hydrogen-bond acceptors (Lipinski definition) is 5.